The summed E-state index contributed by atoms with van der Waals surface area (Å²) in [4.78, 5) is 19.5. The molecule has 0 bridgehead atoms. The van der Waals surface area contributed by atoms with Crippen LogP contribution in [-0.2, 0) is 11.4 Å². The highest BCUT2D eigenvalue weighted by molar-refractivity contribution is 7.10. The fourth-order valence-corrected chi connectivity index (χ4v) is 5.22. The van der Waals surface area contributed by atoms with Crippen molar-refractivity contribution in [1.29, 1.82) is 0 Å². The standard InChI is InChI=1S/C21H19N3O6S/c1-11-19-13-8-15(25)16(28-2)9-14(13)20(17-4-3-7-31-17)23(21(19)30-22-11)10-12-5-6-18(29-12)24(26)27/h3-9,19-21,25H,10H2,1-2H3/t19-,20+,21-/m1/s1. The van der Waals surface area contributed by atoms with Crippen LogP contribution in [0.2, 0.25) is 0 Å². The first-order valence-corrected chi connectivity index (χ1v) is 10.5. The van der Waals surface area contributed by atoms with Crippen LogP contribution in [0.3, 0.4) is 0 Å². The van der Waals surface area contributed by atoms with Gasteiger partial charge in [0.25, 0.3) is 0 Å². The number of nitro groups is 1. The van der Waals surface area contributed by atoms with Crippen LogP contribution >= 0.6 is 11.3 Å². The van der Waals surface area contributed by atoms with Gasteiger partial charge in [-0.15, -0.1) is 11.3 Å². The third-order valence-electron chi connectivity index (χ3n) is 5.69. The number of phenols is 1. The van der Waals surface area contributed by atoms with Gasteiger partial charge in [0, 0.05) is 4.88 Å². The molecule has 5 rings (SSSR count). The van der Waals surface area contributed by atoms with Gasteiger partial charge in [0.2, 0.25) is 0 Å². The minimum Gasteiger partial charge on any atom is -0.504 e. The van der Waals surface area contributed by atoms with Gasteiger partial charge in [-0.1, -0.05) is 11.2 Å². The lowest BCUT2D eigenvalue weighted by Crippen LogP contribution is -2.46. The summed E-state index contributed by atoms with van der Waals surface area (Å²) in [5.74, 6) is 0.380. The number of nitrogens with zero attached hydrogens (tertiary/aromatic N) is 3. The number of ether oxygens (including phenoxy) is 1. The van der Waals surface area contributed by atoms with E-state index in [0.29, 0.717) is 11.5 Å². The molecule has 3 aromatic rings. The molecule has 1 N–H and O–H groups in total. The van der Waals surface area contributed by atoms with Gasteiger partial charge in [0.05, 0.1) is 37.4 Å². The molecule has 31 heavy (non-hydrogen) atoms. The van der Waals surface area contributed by atoms with Gasteiger partial charge < -0.3 is 19.1 Å². The number of benzene rings is 1. The summed E-state index contributed by atoms with van der Waals surface area (Å²) in [5.41, 5.74) is 2.66. The Morgan fingerprint density at radius 3 is 2.84 bits per heavy atom. The number of phenolic OH excluding ortho intramolecular Hbond substituents is 1. The molecule has 3 atom stereocenters. The van der Waals surface area contributed by atoms with Crippen LogP contribution in [0.25, 0.3) is 0 Å². The maximum atomic E-state index is 11.1. The summed E-state index contributed by atoms with van der Waals surface area (Å²) >= 11 is 1.59. The minimum atomic E-state index is -0.554. The highest BCUT2D eigenvalue weighted by Gasteiger charge is 2.48. The Kier molecular flexibility index (Phi) is 4.67. The van der Waals surface area contributed by atoms with Gasteiger partial charge in [-0.3, -0.25) is 10.1 Å². The van der Waals surface area contributed by atoms with Gasteiger partial charge in [-0.05, 0) is 47.7 Å². The van der Waals surface area contributed by atoms with Crippen LogP contribution in [0.5, 0.6) is 11.5 Å². The quantitative estimate of drug-likeness (QED) is 0.462. The number of thiophene rings is 1. The molecule has 0 saturated heterocycles. The molecule has 2 aliphatic rings. The Morgan fingerprint density at radius 2 is 2.16 bits per heavy atom. The van der Waals surface area contributed by atoms with E-state index in [2.05, 4.69) is 10.1 Å². The van der Waals surface area contributed by atoms with E-state index >= 15 is 0 Å². The highest BCUT2D eigenvalue weighted by Crippen LogP contribution is 2.50. The van der Waals surface area contributed by atoms with Crippen molar-refractivity contribution in [2.24, 2.45) is 5.16 Å². The first kappa shape index (κ1) is 19.6. The molecule has 10 heteroatoms. The molecule has 0 spiro atoms. The van der Waals surface area contributed by atoms with Gasteiger partial charge >= 0.3 is 5.88 Å². The zero-order valence-corrected chi connectivity index (χ0v) is 17.5. The minimum absolute atomic E-state index is 0.0553. The van der Waals surface area contributed by atoms with Gasteiger partial charge in [-0.25, -0.2) is 4.90 Å². The monoisotopic (exact) mass is 441 g/mol. The van der Waals surface area contributed by atoms with Crippen LogP contribution < -0.4 is 4.74 Å². The summed E-state index contributed by atoms with van der Waals surface area (Å²) in [5, 5.41) is 27.7. The number of aromatic hydroxyl groups is 1. The second kappa shape index (κ2) is 7.40. The van der Waals surface area contributed by atoms with Crippen molar-refractivity contribution in [3.63, 3.8) is 0 Å². The lowest BCUT2D eigenvalue weighted by Gasteiger charge is -2.42. The number of oxime groups is 1. The largest absolute Gasteiger partial charge is 0.504 e. The van der Waals surface area contributed by atoms with E-state index in [1.165, 1.54) is 13.2 Å². The molecule has 0 fully saturated rings. The first-order valence-electron chi connectivity index (χ1n) is 9.61. The normalized spacial score (nSPS) is 22.4. The predicted octanol–water partition coefficient (Wildman–Crippen LogP) is 4.38. The third-order valence-corrected chi connectivity index (χ3v) is 6.62. The highest BCUT2D eigenvalue weighted by atomic mass is 32.1. The van der Waals surface area contributed by atoms with Crippen molar-refractivity contribution in [3.05, 3.63) is 73.7 Å². The van der Waals surface area contributed by atoms with Crippen molar-refractivity contribution in [3.8, 4) is 11.5 Å². The Bertz CT molecular complexity index is 1170. The SMILES string of the molecule is COc1cc2c(cc1O)[C@H]1C(C)=NO[C@H]1N(Cc1ccc([N+](=O)[O-])o1)[C@@H]2c1cccs1. The molecule has 1 aromatic carbocycles. The van der Waals surface area contributed by atoms with Crippen LogP contribution in [0, 0.1) is 10.1 Å². The molecular weight excluding hydrogens is 422 g/mol. The second-order valence-corrected chi connectivity index (χ2v) is 8.43. The average molecular weight is 441 g/mol. The maximum Gasteiger partial charge on any atom is 0.433 e. The zero-order valence-electron chi connectivity index (χ0n) is 16.7. The smallest absolute Gasteiger partial charge is 0.433 e. The zero-order chi connectivity index (χ0) is 21.7. The fraction of sp³-hybridized carbons (Fsp3) is 0.286. The third kappa shape index (κ3) is 3.15. The summed E-state index contributed by atoms with van der Waals surface area (Å²) in [6.45, 7) is 2.17. The van der Waals surface area contributed by atoms with E-state index in [9.17, 15) is 15.2 Å². The van der Waals surface area contributed by atoms with Crippen molar-refractivity contribution in [1.82, 2.24) is 4.90 Å². The number of hydrogen-bond acceptors (Lipinski definition) is 9. The summed E-state index contributed by atoms with van der Waals surface area (Å²) in [7, 11) is 1.51. The van der Waals surface area contributed by atoms with Gasteiger partial charge in [0.15, 0.2) is 17.7 Å². The molecule has 0 aliphatic carbocycles. The summed E-state index contributed by atoms with van der Waals surface area (Å²) < 4.78 is 10.8. The molecule has 160 valence electrons. The van der Waals surface area contributed by atoms with Crippen LogP contribution in [0.15, 0.2) is 51.4 Å². The lowest BCUT2D eigenvalue weighted by atomic mass is 9.81. The fourth-order valence-electron chi connectivity index (χ4n) is 4.36. The van der Waals surface area contributed by atoms with E-state index < -0.39 is 11.2 Å². The van der Waals surface area contributed by atoms with Crippen LogP contribution in [-0.4, -0.2) is 34.0 Å². The van der Waals surface area contributed by atoms with E-state index in [0.717, 1.165) is 21.7 Å². The van der Waals surface area contributed by atoms with Gasteiger partial charge in [0.1, 0.15) is 10.7 Å². The number of rotatable bonds is 5. The summed E-state index contributed by atoms with van der Waals surface area (Å²) in [6.07, 6.45) is -0.448. The van der Waals surface area contributed by atoms with E-state index in [1.54, 1.807) is 23.5 Å². The number of methoxy groups -OCH3 is 1. The molecular formula is C21H19N3O6S. The molecule has 0 amide bonds. The lowest BCUT2D eigenvalue weighted by molar-refractivity contribution is -0.402. The molecule has 4 heterocycles. The van der Waals surface area contributed by atoms with Crippen molar-refractivity contribution in [2.45, 2.75) is 31.7 Å². The van der Waals surface area contributed by atoms with E-state index in [1.807, 2.05) is 30.5 Å². The molecule has 2 aliphatic heterocycles. The van der Waals surface area contributed by atoms with E-state index in [-0.39, 0.29) is 30.1 Å². The molecule has 2 aromatic heterocycles. The average Bonchev–Trinajstić information content (AvgIpc) is 3.49. The Labute approximate surface area is 181 Å². The topological polar surface area (TPSA) is 111 Å². The van der Waals surface area contributed by atoms with Crippen LogP contribution in [0.1, 0.15) is 40.6 Å². The van der Waals surface area contributed by atoms with E-state index in [4.69, 9.17) is 14.0 Å². The predicted molar refractivity (Wildman–Crippen MR) is 112 cm³/mol. The van der Waals surface area contributed by atoms with Crippen LogP contribution in [0.4, 0.5) is 5.88 Å². The van der Waals surface area contributed by atoms with Crippen molar-refractivity contribution in [2.75, 3.05) is 7.11 Å². The second-order valence-electron chi connectivity index (χ2n) is 7.45. The van der Waals surface area contributed by atoms with Crippen molar-refractivity contribution >= 4 is 22.9 Å². The van der Waals surface area contributed by atoms with Gasteiger partial charge in [-0.2, -0.15) is 0 Å². The maximum absolute atomic E-state index is 11.1. The molecule has 0 saturated carbocycles. The first-order chi connectivity index (χ1) is 15.0. The molecule has 0 unspecified atom stereocenters. The number of fused-ring (bicyclic) bond motifs is 3. The number of furan rings is 1. The Hall–Kier alpha value is -3.37. The number of hydrogen-bond donors (Lipinski definition) is 1. The molecule has 9 nitrogen and oxygen atoms in total. The molecule has 0 radical (unpaired) electrons. The summed E-state index contributed by atoms with van der Waals surface area (Å²) in [6, 6.07) is 10.3. The van der Waals surface area contributed by atoms with Crippen molar-refractivity contribution < 1.29 is 24.0 Å². The Morgan fingerprint density at radius 1 is 1.32 bits per heavy atom. The Balaban J connectivity index is 1.66.